The Morgan fingerprint density at radius 2 is 1.81 bits per heavy atom. The van der Waals surface area contributed by atoms with Gasteiger partial charge in [-0.05, 0) is 43.0 Å². The molecule has 0 saturated carbocycles. The SMILES string of the molecule is O=C(C#CN1CCCC1)c1ccc(F)cc1. The summed E-state index contributed by atoms with van der Waals surface area (Å²) in [5.41, 5.74) is 0.438. The molecule has 0 spiro atoms. The van der Waals surface area contributed by atoms with E-state index in [1.807, 2.05) is 4.90 Å². The van der Waals surface area contributed by atoms with E-state index in [-0.39, 0.29) is 11.6 Å². The predicted molar refractivity (Wildman–Crippen MR) is 59.3 cm³/mol. The maximum atomic E-state index is 12.6. The Morgan fingerprint density at radius 1 is 1.19 bits per heavy atom. The molecule has 0 radical (unpaired) electrons. The molecule has 0 aliphatic carbocycles. The lowest BCUT2D eigenvalue weighted by molar-refractivity contribution is 0.105. The maximum absolute atomic E-state index is 12.6. The summed E-state index contributed by atoms with van der Waals surface area (Å²) >= 11 is 0. The fourth-order valence-corrected chi connectivity index (χ4v) is 1.63. The van der Waals surface area contributed by atoms with Gasteiger partial charge in [0.1, 0.15) is 5.82 Å². The van der Waals surface area contributed by atoms with E-state index in [2.05, 4.69) is 12.0 Å². The van der Waals surface area contributed by atoms with Gasteiger partial charge in [0.15, 0.2) is 0 Å². The molecule has 2 rings (SSSR count). The third-order valence-electron chi connectivity index (χ3n) is 2.54. The minimum Gasteiger partial charge on any atom is -0.332 e. The molecular formula is C13H12FNO. The number of nitrogens with zero attached hydrogens (tertiary/aromatic N) is 1. The molecule has 0 bridgehead atoms. The molecule has 2 nitrogen and oxygen atoms in total. The summed E-state index contributed by atoms with van der Waals surface area (Å²) in [7, 11) is 0. The van der Waals surface area contributed by atoms with Crippen molar-refractivity contribution < 1.29 is 9.18 Å². The van der Waals surface area contributed by atoms with Crippen LogP contribution in [0, 0.1) is 17.8 Å². The molecule has 1 aromatic rings. The lowest BCUT2D eigenvalue weighted by Crippen LogP contribution is -2.12. The van der Waals surface area contributed by atoms with Gasteiger partial charge in [-0.3, -0.25) is 4.79 Å². The highest BCUT2D eigenvalue weighted by molar-refractivity contribution is 6.08. The van der Waals surface area contributed by atoms with Crippen molar-refractivity contribution in [2.45, 2.75) is 12.8 Å². The largest absolute Gasteiger partial charge is 0.332 e. The summed E-state index contributed by atoms with van der Waals surface area (Å²) in [5.74, 6) is 1.97. The molecule has 1 aliphatic heterocycles. The average Bonchev–Trinajstić information content (AvgIpc) is 2.80. The van der Waals surface area contributed by atoms with E-state index in [1.165, 1.54) is 24.3 Å². The molecule has 1 saturated heterocycles. The van der Waals surface area contributed by atoms with Gasteiger partial charge in [0.25, 0.3) is 0 Å². The quantitative estimate of drug-likeness (QED) is 0.530. The van der Waals surface area contributed by atoms with Crippen molar-refractivity contribution in [2.24, 2.45) is 0 Å². The van der Waals surface area contributed by atoms with Crippen LogP contribution in [0.25, 0.3) is 0 Å². The van der Waals surface area contributed by atoms with Crippen LogP contribution in [0.5, 0.6) is 0 Å². The summed E-state index contributed by atoms with van der Waals surface area (Å²) in [4.78, 5) is 13.5. The van der Waals surface area contributed by atoms with Crippen LogP contribution in [-0.2, 0) is 0 Å². The van der Waals surface area contributed by atoms with E-state index in [4.69, 9.17) is 0 Å². The van der Waals surface area contributed by atoms with E-state index in [0.29, 0.717) is 5.56 Å². The number of halogens is 1. The van der Waals surface area contributed by atoms with E-state index in [9.17, 15) is 9.18 Å². The fraction of sp³-hybridized carbons (Fsp3) is 0.308. The molecule has 1 heterocycles. The van der Waals surface area contributed by atoms with Crippen LogP contribution in [0.3, 0.4) is 0 Å². The van der Waals surface area contributed by atoms with Crippen LogP contribution in [-0.4, -0.2) is 23.8 Å². The molecule has 3 heteroatoms. The molecule has 82 valence electrons. The van der Waals surface area contributed by atoms with Gasteiger partial charge in [-0.2, -0.15) is 0 Å². The lowest BCUT2D eigenvalue weighted by Gasteiger charge is -2.04. The van der Waals surface area contributed by atoms with Crippen molar-refractivity contribution in [3.05, 3.63) is 35.6 Å². The average molecular weight is 217 g/mol. The van der Waals surface area contributed by atoms with E-state index >= 15 is 0 Å². The molecule has 0 aromatic heterocycles. The van der Waals surface area contributed by atoms with Crippen molar-refractivity contribution >= 4 is 5.78 Å². The van der Waals surface area contributed by atoms with Crippen molar-refractivity contribution in [1.29, 1.82) is 0 Å². The van der Waals surface area contributed by atoms with Crippen molar-refractivity contribution in [2.75, 3.05) is 13.1 Å². The molecule has 1 fully saturated rings. The van der Waals surface area contributed by atoms with Gasteiger partial charge in [-0.15, -0.1) is 0 Å². The highest BCUT2D eigenvalue weighted by Crippen LogP contribution is 2.06. The minimum absolute atomic E-state index is 0.257. The highest BCUT2D eigenvalue weighted by Gasteiger charge is 2.07. The Kier molecular flexibility index (Phi) is 3.21. The zero-order valence-electron chi connectivity index (χ0n) is 8.87. The van der Waals surface area contributed by atoms with Crippen LogP contribution in [0.4, 0.5) is 4.39 Å². The third-order valence-corrected chi connectivity index (χ3v) is 2.54. The summed E-state index contributed by atoms with van der Waals surface area (Å²) in [6.45, 7) is 1.87. The van der Waals surface area contributed by atoms with Gasteiger partial charge in [0, 0.05) is 24.7 Å². The fourth-order valence-electron chi connectivity index (χ4n) is 1.63. The maximum Gasteiger partial charge on any atom is 0.237 e. The Hall–Kier alpha value is -1.82. The van der Waals surface area contributed by atoms with Gasteiger partial charge in [0.2, 0.25) is 5.78 Å². The third kappa shape index (κ3) is 2.60. The zero-order valence-corrected chi connectivity index (χ0v) is 8.87. The first-order valence-corrected chi connectivity index (χ1v) is 5.32. The number of likely N-dealkylation sites (tertiary alicyclic amines) is 1. The molecule has 0 unspecified atom stereocenters. The Morgan fingerprint density at radius 3 is 2.44 bits per heavy atom. The number of rotatable bonds is 1. The Balaban J connectivity index is 2.04. The molecule has 0 amide bonds. The van der Waals surface area contributed by atoms with Gasteiger partial charge in [0.05, 0.1) is 0 Å². The Labute approximate surface area is 94.1 Å². The van der Waals surface area contributed by atoms with E-state index in [0.717, 1.165) is 25.9 Å². The molecule has 0 N–H and O–H groups in total. The van der Waals surface area contributed by atoms with Crippen molar-refractivity contribution in [3.8, 4) is 12.0 Å². The number of carbonyl (C=O) groups excluding carboxylic acids is 1. The summed E-state index contributed by atoms with van der Waals surface area (Å²) < 4.78 is 12.6. The normalized spacial score (nSPS) is 14.4. The standard InChI is InChI=1S/C13H12FNO/c14-12-5-3-11(4-6-12)13(16)7-10-15-8-1-2-9-15/h3-6H,1-2,8-9H2. The summed E-state index contributed by atoms with van der Waals surface area (Å²) in [6.07, 6.45) is 2.28. The highest BCUT2D eigenvalue weighted by atomic mass is 19.1. The molecular weight excluding hydrogens is 205 g/mol. The van der Waals surface area contributed by atoms with Crippen LogP contribution in [0.15, 0.2) is 24.3 Å². The number of Topliss-reactive ketones (excluding diaryl/α,β-unsaturated/α-hetero) is 1. The van der Waals surface area contributed by atoms with Crippen molar-refractivity contribution in [1.82, 2.24) is 4.90 Å². The summed E-state index contributed by atoms with van der Waals surface area (Å²) in [6, 6.07) is 8.28. The van der Waals surface area contributed by atoms with Gasteiger partial charge < -0.3 is 4.90 Å². The number of hydrogen-bond acceptors (Lipinski definition) is 2. The number of hydrogen-bond donors (Lipinski definition) is 0. The minimum atomic E-state index is -0.343. The van der Waals surface area contributed by atoms with E-state index in [1.54, 1.807) is 0 Å². The second-order valence-electron chi connectivity index (χ2n) is 3.77. The monoisotopic (exact) mass is 217 g/mol. The smallest absolute Gasteiger partial charge is 0.237 e. The first-order valence-electron chi connectivity index (χ1n) is 5.32. The second-order valence-corrected chi connectivity index (χ2v) is 3.77. The first kappa shape index (κ1) is 10.7. The zero-order chi connectivity index (χ0) is 11.4. The molecule has 1 aliphatic rings. The van der Waals surface area contributed by atoms with Gasteiger partial charge in [-0.1, -0.05) is 0 Å². The predicted octanol–water partition coefficient (Wildman–Crippen LogP) is 2.07. The molecule has 0 atom stereocenters. The van der Waals surface area contributed by atoms with Crippen molar-refractivity contribution in [3.63, 3.8) is 0 Å². The first-order chi connectivity index (χ1) is 7.75. The molecule has 1 aromatic carbocycles. The van der Waals surface area contributed by atoms with E-state index < -0.39 is 0 Å². The molecule has 16 heavy (non-hydrogen) atoms. The van der Waals surface area contributed by atoms with Crippen LogP contribution < -0.4 is 0 Å². The van der Waals surface area contributed by atoms with Crippen LogP contribution in [0.2, 0.25) is 0 Å². The van der Waals surface area contributed by atoms with Gasteiger partial charge in [-0.25, -0.2) is 4.39 Å². The topological polar surface area (TPSA) is 20.3 Å². The van der Waals surface area contributed by atoms with Gasteiger partial charge >= 0.3 is 0 Å². The number of carbonyl (C=O) groups is 1. The lowest BCUT2D eigenvalue weighted by atomic mass is 10.1. The summed E-state index contributed by atoms with van der Waals surface area (Å²) in [5, 5.41) is 0. The second kappa shape index (κ2) is 4.80. The Bertz CT molecular complexity index is 435. The number of ketones is 1. The van der Waals surface area contributed by atoms with Crippen LogP contribution in [0.1, 0.15) is 23.2 Å². The van der Waals surface area contributed by atoms with Crippen LogP contribution >= 0.6 is 0 Å². The number of benzene rings is 1.